The number of halogens is 1. The molecular formula is C13H19ClN2. The van der Waals surface area contributed by atoms with Crippen LogP contribution < -0.4 is 5.73 Å². The Balaban J connectivity index is 2.31. The van der Waals surface area contributed by atoms with E-state index in [2.05, 4.69) is 30.1 Å². The lowest BCUT2D eigenvalue weighted by Gasteiger charge is -2.25. The van der Waals surface area contributed by atoms with Gasteiger partial charge in [-0.1, -0.05) is 23.7 Å². The van der Waals surface area contributed by atoms with Crippen molar-refractivity contribution in [3.05, 3.63) is 34.3 Å². The lowest BCUT2D eigenvalue weighted by molar-refractivity contribution is 0.279. The molecule has 1 aliphatic heterocycles. The van der Waals surface area contributed by atoms with Crippen LogP contribution in [-0.4, -0.2) is 25.0 Å². The molecule has 0 spiro atoms. The van der Waals surface area contributed by atoms with Crippen molar-refractivity contribution in [1.29, 1.82) is 0 Å². The lowest BCUT2D eigenvalue weighted by Crippen LogP contribution is -2.25. The summed E-state index contributed by atoms with van der Waals surface area (Å²) in [5.74, 6) is 0.559. The van der Waals surface area contributed by atoms with E-state index in [4.69, 9.17) is 17.3 Å². The topological polar surface area (TPSA) is 29.3 Å². The molecule has 16 heavy (non-hydrogen) atoms. The van der Waals surface area contributed by atoms with Gasteiger partial charge in [0.1, 0.15) is 0 Å². The molecule has 0 radical (unpaired) electrons. The number of hydrogen-bond donors (Lipinski definition) is 1. The average Bonchev–Trinajstić information content (AvgIpc) is 2.64. The van der Waals surface area contributed by atoms with Crippen LogP contribution >= 0.6 is 11.6 Å². The predicted octanol–water partition coefficient (Wildman–Crippen LogP) is 2.60. The van der Waals surface area contributed by atoms with Crippen LogP contribution in [0.5, 0.6) is 0 Å². The highest BCUT2D eigenvalue weighted by Crippen LogP contribution is 2.36. The maximum absolute atomic E-state index is 6.18. The van der Waals surface area contributed by atoms with Gasteiger partial charge in [-0.25, -0.2) is 0 Å². The summed E-state index contributed by atoms with van der Waals surface area (Å²) in [5.41, 5.74) is 8.26. The molecule has 2 atom stereocenters. The number of nitrogens with two attached hydrogens (primary N) is 1. The Morgan fingerprint density at radius 2 is 2.25 bits per heavy atom. The van der Waals surface area contributed by atoms with Crippen LogP contribution in [0.2, 0.25) is 5.02 Å². The first kappa shape index (κ1) is 11.9. The molecule has 1 aliphatic rings. The largest absolute Gasteiger partial charge is 0.330 e. The fraction of sp³-hybridized carbons (Fsp3) is 0.538. The summed E-state index contributed by atoms with van der Waals surface area (Å²) in [5, 5.41) is 0.855. The molecule has 2 nitrogen and oxygen atoms in total. The first-order valence-electron chi connectivity index (χ1n) is 5.80. The van der Waals surface area contributed by atoms with Crippen molar-refractivity contribution in [3.8, 4) is 0 Å². The third kappa shape index (κ3) is 2.10. The number of aryl methyl sites for hydroxylation is 1. The zero-order valence-electron chi connectivity index (χ0n) is 9.91. The summed E-state index contributed by atoms with van der Waals surface area (Å²) >= 11 is 6.18. The van der Waals surface area contributed by atoms with Crippen LogP contribution in [0.4, 0.5) is 0 Å². The quantitative estimate of drug-likeness (QED) is 0.858. The van der Waals surface area contributed by atoms with Crippen molar-refractivity contribution < 1.29 is 0 Å². The molecule has 2 unspecified atom stereocenters. The molecule has 0 saturated carbocycles. The number of hydrogen-bond acceptors (Lipinski definition) is 2. The second kappa shape index (κ2) is 4.74. The van der Waals surface area contributed by atoms with Crippen LogP contribution in [0.1, 0.15) is 23.6 Å². The molecule has 0 amide bonds. The van der Waals surface area contributed by atoms with Gasteiger partial charge in [0.2, 0.25) is 0 Å². The van der Waals surface area contributed by atoms with Gasteiger partial charge in [0, 0.05) is 11.1 Å². The molecular weight excluding hydrogens is 220 g/mol. The Morgan fingerprint density at radius 1 is 1.50 bits per heavy atom. The highest BCUT2D eigenvalue weighted by atomic mass is 35.5. The number of rotatable bonds is 2. The standard InChI is InChI=1S/C13H19ClN2/c1-9-3-4-10(7-12(9)14)13-11(8-15)5-6-16(13)2/h3-4,7,11,13H,5-6,8,15H2,1-2H3. The van der Waals surface area contributed by atoms with Crippen molar-refractivity contribution in [1.82, 2.24) is 4.90 Å². The van der Waals surface area contributed by atoms with E-state index in [9.17, 15) is 0 Å². The molecule has 1 aromatic rings. The third-order valence-corrected chi connectivity index (χ3v) is 4.02. The third-order valence-electron chi connectivity index (χ3n) is 3.61. The van der Waals surface area contributed by atoms with Gasteiger partial charge in [-0.3, -0.25) is 4.90 Å². The summed E-state index contributed by atoms with van der Waals surface area (Å²) < 4.78 is 0. The summed E-state index contributed by atoms with van der Waals surface area (Å²) in [6, 6.07) is 6.79. The minimum Gasteiger partial charge on any atom is -0.330 e. The van der Waals surface area contributed by atoms with Crippen LogP contribution in [0, 0.1) is 12.8 Å². The van der Waals surface area contributed by atoms with Gasteiger partial charge in [0.05, 0.1) is 0 Å². The maximum Gasteiger partial charge on any atom is 0.0438 e. The Hall–Kier alpha value is -0.570. The van der Waals surface area contributed by atoms with Crippen molar-refractivity contribution in [2.24, 2.45) is 11.7 Å². The van der Waals surface area contributed by atoms with E-state index in [-0.39, 0.29) is 0 Å². The van der Waals surface area contributed by atoms with Crippen LogP contribution in [-0.2, 0) is 0 Å². The second-order valence-corrected chi connectivity index (χ2v) is 5.13. The number of benzene rings is 1. The summed E-state index contributed by atoms with van der Waals surface area (Å²) in [6.07, 6.45) is 1.18. The first-order valence-corrected chi connectivity index (χ1v) is 6.17. The SMILES string of the molecule is Cc1ccc(C2C(CN)CCN2C)cc1Cl. The van der Waals surface area contributed by atoms with Crippen LogP contribution in [0.15, 0.2) is 18.2 Å². The van der Waals surface area contributed by atoms with Gasteiger partial charge in [0.15, 0.2) is 0 Å². The van der Waals surface area contributed by atoms with Crippen molar-refractivity contribution in [2.45, 2.75) is 19.4 Å². The van der Waals surface area contributed by atoms with Gasteiger partial charge in [-0.15, -0.1) is 0 Å². The molecule has 3 heteroatoms. The number of likely N-dealkylation sites (tertiary alicyclic amines) is 1. The molecule has 0 aromatic heterocycles. The van der Waals surface area contributed by atoms with Gasteiger partial charge in [-0.05, 0) is 56.6 Å². The minimum absolute atomic E-state index is 0.433. The fourth-order valence-corrected chi connectivity index (χ4v) is 2.78. The molecule has 1 saturated heterocycles. The Kier molecular flexibility index (Phi) is 3.53. The van der Waals surface area contributed by atoms with E-state index >= 15 is 0 Å². The summed E-state index contributed by atoms with van der Waals surface area (Å²) in [6.45, 7) is 3.91. The van der Waals surface area contributed by atoms with Crippen molar-refractivity contribution >= 4 is 11.6 Å². The van der Waals surface area contributed by atoms with E-state index in [0.29, 0.717) is 12.0 Å². The van der Waals surface area contributed by atoms with Gasteiger partial charge < -0.3 is 5.73 Å². The summed E-state index contributed by atoms with van der Waals surface area (Å²) in [4.78, 5) is 2.37. The van der Waals surface area contributed by atoms with Crippen molar-refractivity contribution in [3.63, 3.8) is 0 Å². The molecule has 0 aliphatic carbocycles. The predicted molar refractivity (Wildman–Crippen MR) is 68.7 cm³/mol. The van der Waals surface area contributed by atoms with Gasteiger partial charge >= 0.3 is 0 Å². The monoisotopic (exact) mass is 238 g/mol. The smallest absolute Gasteiger partial charge is 0.0438 e. The summed E-state index contributed by atoms with van der Waals surface area (Å²) in [7, 11) is 2.16. The van der Waals surface area contributed by atoms with Crippen LogP contribution in [0.3, 0.4) is 0 Å². The fourth-order valence-electron chi connectivity index (χ4n) is 2.59. The first-order chi connectivity index (χ1) is 7.63. The maximum atomic E-state index is 6.18. The normalized spacial score (nSPS) is 26.2. The van der Waals surface area contributed by atoms with E-state index < -0.39 is 0 Å². The second-order valence-electron chi connectivity index (χ2n) is 4.72. The molecule has 1 aromatic carbocycles. The minimum atomic E-state index is 0.433. The van der Waals surface area contributed by atoms with Crippen molar-refractivity contribution in [2.75, 3.05) is 20.1 Å². The van der Waals surface area contributed by atoms with E-state index in [1.54, 1.807) is 0 Å². The molecule has 0 bridgehead atoms. The van der Waals surface area contributed by atoms with Gasteiger partial charge in [0.25, 0.3) is 0 Å². The Morgan fingerprint density at radius 3 is 2.88 bits per heavy atom. The lowest BCUT2D eigenvalue weighted by atomic mass is 9.93. The number of nitrogens with zero attached hydrogens (tertiary/aromatic N) is 1. The van der Waals surface area contributed by atoms with E-state index in [1.165, 1.54) is 12.0 Å². The van der Waals surface area contributed by atoms with E-state index in [1.807, 2.05) is 6.92 Å². The highest BCUT2D eigenvalue weighted by Gasteiger charge is 2.31. The Labute approximate surface area is 102 Å². The van der Waals surface area contributed by atoms with Gasteiger partial charge in [-0.2, -0.15) is 0 Å². The molecule has 1 fully saturated rings. The average molecular weight is 239 g/mol. The molecule has 88 valence electrons. The zero-order chi connectivity index (χ0) is 11.7. The highest BCUT2D eigenvalue weighted by molar-refractivity contribution is 6.31. The van der Waals surface area contributed by atoms with E-state index in [0.717, 1.165) is 23.7 Å². The zero-order valence-corrected chi connectivity index (χ0v) is 10.7. The van der Waals surface area contributed by atoms with Crippen LogP contribution in [0.25, 0.3) is 0 Å². The molecule has 2 N–H and O–H groups in total. The molecule has 2 rings (SSSR count). The molecule has 1 heterocycles. The Bertz CT molecular complexity index is 378.